The van der Waals surface area contributed by atoms with Crippen LogP contribution in [0.15, 0.2) is 277 Å². The molecule has 3 N–H and O–H groups in total. The summed E-state index contributed by atoms with van der Waals surface area (Å²) < 4.78 is 18.9. The van der Waals surface area contributed by atoms with E-state index in [9.17, 15) is 33.7 Å². The number of hydrogen-bond donors (Lipinski definition) is 3. The van der Waals surface area contributed by atoms with Crippen LogP contribution in [-0.4, -0.2) is 51.0 Å². The fourth-order valence-corrected chi connectivity index (χ4v) is 24.9. The fourth-order valence-electron chi connectivity index (χ4n) is 19.9. The SMILES string of the molecule is CC1(C(=O)Nc2nc(-c3ccc(F)c4ccccc34)cs2)CC2(Br)c3ccccc3C1c1ccccc12.CC1(C(=O)Nc2nc(-c3cccc4ccccc34)cs2)CC2(Br)c3ccccc3C1c1ccccc12.COc1cc(-c2ccc(-c3csc(NC(=O)C4(C)CC5([N+](=O)[O-])c6ccccc6C4c4ccccc45)n3)cc2C=O)ccc1Cl. The minimum Gasteiger partial charge on any atom is -0.495 e. The van der Waals surface area contributed by atoms with Crippen molar-refractivity contribution in [1.29, 1.82) is 0 Å². The lowest BCUT2D eigenvalue weighted by atomic mass is 9.49. The quantitative estimate of drug-likeness (QED) is 0.0432. The molecule has 14 nitrogen and oxygen atoms in total. The molecule has 0 aliphatic heterocycles. The molecule has 3 amide bonds. The molecule has 9 aliphatic rings. The number of amides is 3. The van der Waals surface area contributed by atoms with Gasteiger partial charge >= 0.3 is 0 Å². The molecule has 24 rings (SSSR count). The van der Waals surface area contributed by atoms with Crippen LogP contribution in [0.3, 0.4) is 0 Å². The van der Waals surface area contributed by atoms with Crippen molar-refractivity contribution in [3.8, 4) is 50.6 Å². The largest absolute Gasteiger partial charge is 0.495 e. The number of carbonyl (C=O) groups is 4. The summed E-state index contributed by atoms with van der Waals surface area (Å²) in [7, 11) is 1.53. The molecule has 12 aromatic carbocycles. The first-order valence-electron chi connectivity index (χ1n) is 38.6. The van der Waals surface area contributed by atoms with Crippen LogP contribution in [0, 0.1) is 32.2 Å². The van der Waals surface area contributed by atoms with E-state index in [2.05, 4.69) is 194 Å². The number of methoxy groups -OCH3 is 1. The van der Waals surface area contributed by atoms with E-state index >= 15 is 0 Å². The van der Waals surface area contributed by atoms with Crippen molar-refractivity contribution in [2.45, 2.75) is 72.0 Å². The molecular formula is C97H71Br2ClFN7O7S3. The Morgan fingerprint density at radius 2 is 0.847 bits per heavy atom. The minimum atomic E-state index is -1.54. The molecule has 3 heterocycles. The molecule has 3 aromatic heterocycles. The Morgan fingerprint density at radius 3 is 1.32 bits per heavy atom. The molecule has 21 heteroatoms. The smallest absolute Gasteiger partial charge is 0.273 e. The first kappa shape index (κ1) is 76.5. The Morgan fingerprint density at radius 1 is 0.466 bits per heavy atom. The van der Waals surface area contributed by atoms with E-state index < -0.39 is 30.4 Å². The number of alkyl halides is 2. The molecule has 582 valence electrons. The van der Waals surface area contributed by atoms with Gasteiger partial charge in [0.1, 0.15) is 11.6 Å². The number of nitrogens with one attached hydrogen (secondary N) is 3. The fraction of sp³-hybridized carbons (Fsp3) is 0.165. The van der Waals surface area contributed by atoms with Crippen molar-refractivity contribution in [1.82, 2.24) is 15.0 Å². The number of aldehydes is 1. The van der Waals surface area contributed by atoms with Crippen molar-refractivity contribution in [3.05, 3.63) is 370 Å². The Bertz CT molecular complexity index is 6560. The predicted octanol–water partition coefficient (Wildman–Crippen LogP) is 24.3. The number of fused-ring (bicyclic) bond motifs is 5. The van der Waals surface area contributed by atoms with Crippen LogP contribution in [0.2, 0.25) is 5.02 Å². The van der Waals surface area contributed by atoms with Gasteiger partial charge in [0, 0.05) is 84.0 Å². The maximum atomic E-state index is 14.3. The molecule has 6 bridgehead atoms. The van der Waals surface area contributed by atoms with Gasteiger partial charge in [0.2, 0.25) is 17.7 Å². The van der Waals surface area contributed by atoms with Crippen LogP contribution in [0.1, 0.15) is 135 Å². The van der Waals surface area contributed by atoms with Gasteiger partial charge < -0.3 is 20.7 Å². The number of benzene rings is 12. The number of rotatable bonds is 13. The molecule has 0 saturated heterocycles. The van der Waals surface area contributed by atoms with E-state index in [4.69, 9.17) is 26.3 Å². The number of nitro groups is 1. The summed E-state index contributed by atoms with van der Waals surface area (Å²) in [6.07, 6.45) is 2.14. The van der Waals surface area contributed by atoms with Crippen molar-refractivity contribution in [2.75, 3.05) is 23.1 Å². The van der Waals surface area contributed by atoms with E-state index in [0.29, 0.717) is 77.9 Å². The van der Waals surface area contributed by atoms with Gasteiger partial charge in [0.25, 0.3) is 5.54 Å². The number of aromatic nitrogens is 3. The van der Waals surface area contributed by atoms with E-state index in [1.807, 2.05) is 120 Å². The van der Waals surface area contributed by atoms with Gasteiger partial charge in [-0.25, -0.2) is 19.3 Å². The number of thiazole rings is 3. The van der Waals surface area contributed by atoms with Crippen molar-refractivity contribution < 1.29 is 33.2 Å². The Balaban J connectivity index is 0.000000118. The zero-order valence-electron chi connectivity index (χ0n) is 63.9. The standard InChI is InChI=1S/C35H26ClN3O5S.C31H22BrFN2OS.C31H23BrN2OS/c1-34(19-35(39(42)43)26-9-5-3-7-24(26)31(34)25-8-4-6-10-27(25)35)32(41)38-33-37-29(18-45-33)21-11-13-23(22(15-21)17-40)20-12-14-28(36)30(16-20)44-2;1-30(17-31(32)23-12-6-4-10-21(23)27(30)22-11-5-7-13-24(22)31)28(36)35-29-34-26(16-37-29)20-14-15-25(33)19-9-3-2-8-18(19)20;1-30(18-31(32)24-15-6-4-12-22(24)27(30)23-13-5-7-16-25(23)31)28(35)34-29-33-26(17-36-29)21-14-8-10-19-9-2-3-11-20(19)21/h3-18,31H,19H2,1-2H3,(H,37,38,41);2-16,27H,17H2,1H3,(H,34,35,36);2-17,27H,18H2,1H3,(H,33,34,35). The highest BCUT2D eigenvalue weighted by molar-refractivity contribution is 9.10. The molecule has 3 atom stereocenters. The number of carbonyl (C=O) groups excluding carboxylic acids is 4. The Hall–Kier alpha value is -11.5. The zero-order valence-corrected chi connectivity index (χ0v) is 70.2. The summed E-state index contributed by atoms with van der Waals surface area (Å²) in [6, 6.07) is 84.7. The van der Waals surface area contributed by atoms with E-state index in [1.165, 1.54) is 97.1 Å². The van der Waals surface area contributed by atoms with Gasteiger partial charge in [-0.1, -0.05) is 274 Å². The maximum absolute atomic E-state index is 14.3. The number of nitrogens with zero attached hydrogens (tertiary/aromatic N) is 4. The zero-order chi connectivity index (χ0) is 81.4. The van der Waals surface area contributed by atoms with E-state index in [0.717, 1.165) is 56.3 Å². The molecular weight excluding hydrogens is 1690 g/mol. The van der Waals surface area contributed by atoms with Gasteiger partial charge in [-0.15, -0.1) is 34.0 Å². The highest BCUT2D eigenvalue weighted by atomic mass is 79.9. The second-order valence-corrected chi connectivity index (χ2v) is 37.4. The lowest BCUT2D eigenvalue weighted by Gasteiger charge is -2.54. The highest BCUT2D eigenvalue weighted by Gasteiger charge is 2.68. The van der Waals surface area contributed by atoms with Crippen LogP contribution in [0.25, 0.3) is 66.4 Å². The van der Waals surface area contributed by atoms with Crippen LogP contribution < -0.4 is 20.7 Å². The first-order chi connectivity index (χ1) is 57.1. The summed E-state index contributed by atoms with van der Waals surface area (Å²) >= 11 is 18.5. The summed E-state index contributed by atoms with van der Waals surface area (Å²) in [5.74, 6) is -0.542. The van der Waals surface area contributed by atoms with Crippen molar-refractivity contribution in [2.24, 2.45) is 16.2 Å². The van der Waals surface area contributed by atoms with Gasteiger partial charge in [0.15, 0.2) is 21.7 Å². The molecule has 0 saturated carbocycles. The van der Waals surface area contributed by atoms with Crippen LogP contribution in [-0.2, 0) is 28.6 Å². The molecule has 0 spiro atoms. The summed E-state index contributed by atoms with van der Waals surface area (Å²) in [4.78, 5) is 81.3. The monoisotopic (exact) mass is 1750 g/mol. The lowest BCUT2D eigenvalue weighted by Crippen LogP contribution is -2.57. The Labute approximate surface area is 713 Å². The third kappa shape index (κ3) is 12.1. The third-order valence-electron chi connectivity index (χ3n) is 25.2. The van der Waals surface area contributed by atoms with Gasteiger partial charge in [-0.2, -0.15) is 0 Å². The van der Waals surface area contributed by atoms with Gasteiger partial charge in [0.05, 0.1) is 54.1 Å². The van der Waals surface area contributed by atoms with Crippen LogP contribution in [0.5, 0.6) is 5.75 Å². The Kier molecular flexibility index (Phi) is 19.0. The second-order valence-electron chi connectivity index (χ2n) is 31.7. The summed E-state index contributed by atoms with van der Waals surface area (Å²) in [6.45, 7) is 5.98. The average molecular weight is 1760 g/mol. The topological polar surface area (TPSA) is 195 Å². The molecule has 118 heavy (non-hydrogen) atoms. The number of hydrogen-bond acceptors (Lipinski definition) is 13. The molecule has 9 aliphatic carbocycles. The molecule has 0 fully saturated rings. The highest BCUT2D eigenvalue weighted by Crippen LogP contribution is 2.69. The van der Waals surface area contributed by atoms with Crippen molar-refractivity contribution in [3.63, 3.8) is 0 Å². The van der Waals surface area contributed by atoms with Crippen molar-refractivity contribution >= 4 is 138 Å². The minimum absolute atomic E-state index is 0.0122. The van der Waals surface area contributed by atoms with Crippen LogP contribution in [0.4, 0.5) is 19.8 Å². The van der Waals surface area contributed by atoms with E-state index in [-0.39, 0.29) is 52.6 Å². The number of halogens is 4. The molecule has 3 unspecified atom stereocenters. The average Bonchev–Trinajstić information content (AvgIpc) is 0.696. The second kappa shape index (κ2) is 29.2. The molecule has 15 aromatic rings. The third-order valence-corrected chi connectivity index (χ3v) is 30.0. The molecule has 0 radical (unpaired) electrons. The predicted molar refractivity (Wildman–Crippen MR) is 475 cm³/mol. The normalized spacial score (nSPS) is 22.6. The first-order valence-corrected chi connectivity index (χ1v) is 43.2. The summed E-state index contributed by atoms with van der Waals surface area (Å²) in [5, 5.41) is 33.7. The van der Waals surface area contributed by atoms with Gasteiger partial charge in [-0.05, 0) is 147 Å². The maximum Gasteiger partial charge on any atom is 0.273 e. The van der Waals surface area contributed by atoms with E-state index in [1.54, 1.807) is 30.3 Å². The number of ether oxygens (including phenoxy) is 1. The van der Waals surface area contributed by atoms with Gasteiger partial charge in [-0.3, -0.25) is 29.3 Å². The number of anilines is 3. The van der Waals surface area contributed by atoms with Crippen LogP contribution >= 0.6 is 77.5 Å². The summed E-state index contributed by atoms with van der Waals surface area (Å²) in [5.41, 5.74) is 15.6. The lowest BCUT2D eigenvalue weighted by molar-refractivity contribution is -0.573.